The summed E-state index contributed by atoms with van der Waals surface area (Å²) in [6.45, 7) is 6.39. The first-order valence-corrected chi connectivity index (χ1v) is 9.12. The quantitative estimate of drug-likeness (QED) is 0.678. The fraction of sp³-hybridized carbons (Fsp3) is 0.600. The number of nitrogens with zero attached hydrogens (tertiary/aromatic N) is 6. The Morgan fingerprint density at radius 3 is 3.17 bits per heavy atom. The highest BCUT2D eigenvalue weighted by molar-refractivity contribution is 7.19. The monoisotopic (exact) mass is 347 g/mol. The number of ether oxygens (including phenoxy) is 1. The number of hydrogen-bond donors (Lipinski definition) is 1. The lowest BCUT2D eigenvalue weighted by molar-refractivity contribution is 0.147. The lowest BCUT2D eigenvalue weighted by atomic mass is 10.1. The van der Waals surface area contributed by atoms with Gasteiger partial charge in [-0.25, -0.2) is 0 Å². The van der Waals surface area contributed by atoms with Crippen molar-refractivity contribution in [3.63, 3.8) is 0 Å². The first kappa shape index (κ1) is 15.7. The van der Waals surface area contributed by atoms with E-state index in [9.17, 15) is 0 Å². The summed E-state index contributed by atoms with van der Waals surface area (Å²) < 4.78 is 7.16. The predicted molar refractivity (Wildman–Crippen MR) is 93.6 cm³/mol. The van der Waals surface area contributed by atoms with E-state index in [1.54, 1.807) is 15.9 Å². The molecule has 0 bridgehead atoms. The van der Waals surface area contributed by atoms with Crippen LogP contribution in [0.5, 0.6) is 0 Å². The lowest BCUT2D eigenvalue weighted by Gasteiger charge is -2.22. The Morgan fingerprint density at radius 1 is 1.38 bits per heavy atom. The van der Waals surface area contributed by atoms with Crippen molar-refractivity contribution in [3.8, 4) is 0 Å². The van der Waals surface area contributed by atoms with E-state index in [1.165, 1.54) is 15.8 Å². The molecule has 0 saturated heterocycles. The smallest absolute Gasteiger partial charge is 0.276 e. The van der Waals surface area contributed by atoms with Crippen LogP contribution < -0.4 is 5.32 Å². The number of hydrogen-bond acceptors (Lipinski definition) is 8. The third kappa shape index (κ3) is 2.72. The zero-order valence-corrected chi connectivity index (χ0v) is 14.8. The van der Waals surface area contributed by atoms with Crippen molar-refractivity contribution in [3.05, 3.63) is 10.4 Å². The third-order valence-electron chi connectivity index (χ3n) is 4.29. The number of aromatic nitrogens is 5. The topological polar surface area (TPSA) is 80.5 Å². The van der Waals surface area contributed by atoms with E-state index >= 15 is 0 Å². The maximum Gasteiger partial charge on any atom is 0.276 e. The molecule has 3 aromatic heterocycles. The van der Waals surface area contributed by atoms with Gasteiger partial charge in [0.15, 0.2) is 0 Å². The molecule has 4 rings (SSSR count). The summed E-state index contributed by atoms with van der Waals surface area (Å²) in [6.07, 6.45) is 1.98. The van der Waals surface area contributed by atoms with Crippen LogP contribution in [-0.2, 0) is 17.7 Å². The summed E-state index contributed by atoms with van der Waals surface area (Å²) in [4.78, 5) is 9.46. The largest absolute Gasteiger partial charge is 0.382 e. The number of thiophene rings is 1. The molecule has 0 amide bonds. The second kappa shape index (κ2) is 6.58. The maximum absolute atomic E-state index is 5.40. The van der Waals surface area contributed by atoms with Crippen LogP contribution in [0, 0.1) is 0 Å². The zero-order valence-electron chi connectivity index (χ0n) is 13.9. The van der Waals surface area contributed by atoms with E-state index in [0.29, 0.717) is 5.78 Å². The lowest BCUT2D eigenvalue weighted by Crippen LogP contribution is -2.25. The van der Waals surface area contributed by atoms with Crippen molar-refractivity contribution in [2.45, 2.75) is 26.3 Å². The van der Waals surface area contributed by atoms with Crippen LogP contribution in [0.3, 0.4) is 0 Å². The van der Waals surface area contributed by atoms with Crippen molar-refractivity contribution >= 4 is 33.1 Å². The van der Waals surface area contributed by atoms with Gasteiger partial charge in [-0.1, -0.05) is 5.10 Å². The molecular formula is C15H21N7OS. The molecule has 3 aromatic rings. The summed E-state index contributed by atoms with van der Waals surface area (Å²) in [7, 11) is 2.16. The molecule has 0 aliphatic carbocycles. The maximum atomic E-state index is 5.40. The Bertz CT molecular complexity index is 858. The molecule has 24 heavy (non-hydrogen) atoms. The molecule has 1 aliphatic rings. The molecule has 1 N–H and O–H groups in total. The van der Waals surface area contributed by atoms with Crippen molar-refractivity contribution in [2.75, 3.05) is 38.7 Å². The highest BCUT2D eigenvalue weighted by Crippen LogP contribution is 2.38. The summed E-state index contributed by atoms with van der Waals surface area (Å²) in [5.41, 5.74) is 1.39. The van der Waals surface area contributed by atoms with Gasteiger partial charge in [0.2, 0.25) is 0 Å². The van der Waals surface area contributed by atoms with Crippen LogP contribution >= 0.6 is 11.3 Å². The van der Waals surface area contributed by atoms with E-state index in [4.69, 9.17) is 4.74 Å². The van der Waals surface area contributed by atoms with E-state index in [1.807, 2.05) is 6.92 Å². The summed E-state index contributed by atoms with van der Waals surface area (Å²) in [5, 5.41) is 16.6. The van der Waals surface area contributed by atoms with Crippen LogP contribution in [0.25, 0.3) is 16.0 Å². The highest BCUT2D eigenvalue weighted by atomic mass is 32.1. The Labute approximate surface area is 143 Å². The highest BCUT2D eigenvalue weighted by Gasteiger charge is 2.24. The van der Waals surface area contributed by atoms with Gasteiger partial charge in [0, 0.05) is 37.7 Å². The van der Waals surface area contributed by atoms with Crippen molar-refractivity contribution in [1.29, 1.82) is 0 Å². The van der Waals surface area contributed by atoms with Crippen LogP contribution in [0.2, 0.25) is 0 Å². The van der Waals surface area contributed by atoms with Crippen molar-refractivity contribution in [2.24, 2.45) is 0 Å². The number of likely N-dealkylation sites (N-methyl/N-ethyl adjacent to an activating group) is 1. The standard InChI is InChI=1S/C15H21N7OS/c1-3-23-8-4-6-16-13-12-10-5-7-21(2)9-11(10)24-14(12)22-15(17-13)18-19-20-22/h3-9H2,1-2H3,(H,16,17,18,20). The molecule has 128 valence electrons. The molecule has 0 fully saturated rings. The summed E-state index contributed by atoms with van der Waals surface area (Å²) >= 11 is 1.77. The predicted octanol–water partition coefficient (Wildman–Crippen LogP) is 1.56. The molecule has 4 heterocycles. The van der Waals surface area contributed by atoms with E-state index in [2.05, 4.69) is 37.8 Å². The minimum absolute atomic E-state index is 0.543. The molecule has 0 unspecified atom stereocenters. The Kier molecular flexibility index (Phi) is 4.30. The first-order chi connectivity index (χ1) is 11.8. The second-order valence-corrected chi connectivity index (χ2v) is 7.08. The van der Waals surface area contributed by atoms with Gasteiger partial charge in [-0.15, -0.1) is 11.3 Å². The average Bonchev–Trinajstić information content (AvgIpc) is 3.17. The first-order valence-electron chi connectivity index (χ1n) is 8.30. The number of fused-ring (bicyclic) bond motifs is 5. The van der Waals surface area contributed by atoms with Gasteiger partial charge in [-0.05, 0) is 42.8 Å². The molecule has 1 aliphatic heterocycles. The van der Waals surface area contributed by atoms with Gasteiger partial charge >= 0.3 is 0 Å². The van der Waals surface area contributed by atoms with Gasteiger partial charge in [0.05, 0.1) is 5.39 Å². The van der Waals surface area contributed by atoms with Crippen molar-refractivity contribution < 1.29 is 4.74 Å². The van der Waals surface area contributed by atoms with Gasteiger partial charge < -0.3 is 15.0 Å². The summed E-state index contributed by atoms with van der Waals surface area (Å²) in [5.74, 6) is 1.44. The minimum Gasteiger partial charge on any atom is -0.382 e. The van der Waals surface area contributed by atoms with Gasteiger partial charge in [-0.3, -0.25) is 0 Å². The number of anilines is 1. The fourth-order valence-electron chi connectivity index (χ4n) is 3.10. The molecule has 9 heteroatoms. The van der Waals surface area contributed by atoms with E-state index in [-0.39, 0.29) is 0 Å². The molecule has 0 radical (unpaired) electrons. The second-order valence-electron chi connectivity index (χ2n) is 6.00. The van der Waals surface area contributed by atoms with E-state index in [0.717, 1.165) is 56.3 Å². The fourth-order valence-corrected chi connectivity index (χ4v) is 4.48. The summed E-state index contributed by atoms with van der Waals surface area (Å²) in [6, 6.07) is 0. The molecule has 0 spiro atoms. The van der Waals surface area contributed by atoms with Crippen LogP contribution in [0.15, 0.2) is 0 Å². The Balaban J connectivity index is 1.73. The normalized spacial score (nSPS) is 15.2. The number of rotatable bonds is 6. The molecule has 0 saturated carbocycles. The third-order valence-corrected chi connectivity index (χ3v) is 5.48. The van der Waals surface area contributed by atoms with E-state index < -0.39 is 0 Å². The molecular weight excluding hydrogens is 326 g/mol. The minimum atomic E-state index is 0.543. The number of nitrogens with one attached hydrogen (secondary N) is 1. The Morgan fingerprint density at radius 2 is 2.29 bits per heavy atom. The Hall–Kier alpha value is -1.84. The number of tetrazole rings is 1. The SMILES string of the molecule is CCOCCCNc1nc2nnnn2c2sc3c(c12)CCN(C)C3. The van der Waals surface area contributed by atoms with Crippen molar-refractivity contribution in [1.82, 2.24) is 29.9 Å². The van der Waals surface area contributed by atoms with Gasteiger partial charge in [0.25, 0.3) is 5.78 Å². The van der Waals surface area contributed by atoms with Crippen LogP contribution in [0.1, 0.15) is 23.8 Å². The van der Waals surface area contributed by atoms with Gasteiger partial charge in [-0.2, -0.15) is 9.50 Å². The zero-order chi connectivity index (χ0) is 16.5. The molecule has 0 atom stereocenters. The molecule has 0 aromatic carbocycles. The average molecular weight is 347 g/mol. The van der Waals surface area contributed by atoms with Crippen LogP contribution in [0.4, 0.5) is 5.82 Å². The van der Waals surface area contributed by atoms with Crippen LogP contribution in [-0.4, -0.2) is 63.3 Å². The van der Waals surface area contributed by atoms with Gasteiger partial charge in [0.1, 0.15) is 10.6 Å². The molecule has 8 nitrogen and oxygen atoms in total.